The molecule has 0 heterocycles. The van der Waals surface area contributed by atoms with Gasteiger partial charge in [0.05, 0.1) is 40.5 Å². The second-order valence-corrected chi connectivity index (χ2v) is 11.2. The molecule has 4 rings (SSSR count). The fourth-order valence-electron chi connectivity index (χ4n) is 5.65. The average Bonchev–Trinajstić information content (AvgIpc) is 3.10. The van der Waals surface area contributed by atoms with Crippen molar-refractivity contribution in [2.75, 3.05) is 28.4 Å². The first-order chi connectivity index (χ1) is 22.5. The van der Waals surface area contributed by atoms with Crippen LogP contribution in [0.3, 0.4) is 0 Å². The summed E-state index contributed by atoms with van der Waals surface area (Å²) in [6.07, 6.45) is -0.544. The normalized spacial score (nSPS) is 12.8. The van der Waals surface area contributed by atoms with Crippen LogP contribution in [0.2, 0.25) is 0 Å². The molecule has 4 aromatic carbocycles. The number of rotatable bonds is 14. The Balaban J connectivity index is 1.54. The molecule has 2 atom stereocenters. The van der Waals surface area contributed by atoms with Crippen LogP contribution in [-0.4, -0.2) is 62.6 Å². The van der Waals surface area contributed by atoms with Gasteiger partial charge in [0.15, 0.2) is 0 Å². The summed E-state index contributed by atoms with van der Waals surface area (Å²) in [7, 11) is 6.20. The van der Waals surface area contributed by atoms with E-state index in [0.717, 1.165) is 0 Å². The third-order valence-corrected chi connectivity index (χ3v) is 8.45. The van der Waals surface area contributed by atoms with Gasteiger partial charge in [-0.2, -0.15) is 0 Å². The summed E-state index contributed by atoms with van der Waals surface area (Å²) in [5.74, 6) is 1.21. The van der Waals surface area contributed by atoms with Crippen LogP contribution in [0.4, 0.5) is 0 Å². The molecule has 0 saturated heterocycles. The van der Waals surface area contributed by atoms with E-state index in [1.807, 2.05) is 0 Å². The van der Waals surface area contributed by atoms with Crippen LogP contribution in [0.15, 0.2) is 97.1 Å². The molecule has 0 saturated carbocycles. The Bertz CT molecular complexity index is 1400. The van der Waals surface area contributed by atoms with E-state index in [2.05, 4.69) is 10.6 Å². The average molecular weight is 643 g/mol. The van der Waals surface area contributed by atoms with Gasteiger partial charge in [-0.05, 0) is 84.6 Å². The number of hydrogen-bond acceptors (Lipinski definition) is 8. The van der Waals surface area contributed by atoms with Crippen LogP contribution in [0.5, 0.6) is 23.0 Å². The highest BCUT2D eigenvalue weighted by Crippen LogP contribution is 2.36. The summed E-state index contributed by atoms with van der Waals surface area (Å²) in [5, 5.41) is 29.9. The third kappa shape index (κ3) is 7.51. The molecule has 47 heavy (non-hydrogen) atoms. The second kappa shape index (κ2) is 15.0. The van der Waals surface area contributed by atoms with Crippen molar-refractivity contribution in [2.45, 2.75) is 43.6 Å². The van der Waals surface area contributed by atoms with Gasteiger partial charge < -0.3 is 39.8 Å². The Morgan fingerprint density at radius 1 is 0.511 bits per heavy atom. The predicted molar refractivity (Wildman–Crippen MR) is 178 cm³/mol. The number of hydrogen-bond donors (Lipinski definition) is 4. The number of methoxy groups -OCH3 is 4. The van der Waals surface area contributed by atoms with E-state index in [1.54, 1.807) is 139 Å². The van der Waals surface area contributed by atoms with E-state index < -0.39 is 41.5 Å². The van der Waals surface area contributed by atoms with Gasteiger partial charge >= 0.3 is 0 Å². The molecule has 4 N–H and O–H groups in total. The molecular weight excluding hydrogens is 600 g/mol. The minimum atomic E-state index is -1.67. The molecule has 0 aliphatic heterocycles. The third-order valence-electron chi connectivity index (χ3n) is 8.45. The molecule has 10 nitrogen and oxygen atoms in total. The topological polar surface area (TPSA) is 136 Å². The van der Waals surface area contributed by atoms with Crippen molar-refractivity contribution in [3.8, 4) is 23.0 Å². The Labute approximate surface area is 275 Å². The van der Waals surface area contributed by atoms with Gasteiger partial charge in [0, 0.05) is 0 Å². The van der Waals surface area contributed by atoms with Crippen LogP contribution < -0.4 is 29.6 Å². The van der Waals surface area contributed by atoms with Gasteiger partial charge in [0.25, 0.3) is 0 Å². The lowest BCUT2D eigenvalue weighted by Gasteiger charge is -2.36. The minimum absolute atomic E-state index is 0.512. The number of carbonyl (C=O) groups excluding carboxylic acids is 2. The van der Waals surface area contributed by atoms with Gasteiger partial charge in [-0.1, -0.05) is 48.5 Å². The lowest BCUT2D eigenvalue weighted by atomic mass is 9.80. The Kier molecular flexibility index (Phi) is 11.1. The Morgan fingerprint density at radius 2 is 0.723 bits per heavy atom. The molecule has 0 aliphatic rings. The maximum Gasteiger partial charge on any atom is 0.229 e. The van der Waals surface area contributed by atoms with Gasteiger partial charge in [0.1, 0.15) is 40.6 Å². The summed E-state index contributed by atoms with van der Waals surface area (Å²) in [6.45, 7) is 3.33. The van der Waals surface area contributed by atoms with E-state index in [0.29, 0.717) is 45.3 Å². The van der Waals surface area contributed by atoms with E-state index >= 15 is 0 Å². The highest BCUT2D eigenvalue weighted by atomic mass is 16.5. The molecule has 248 valence electrons. The molecule has 2 amide bonds. The highest BCUT2D eigenvalue weighted by Gasteiger charge is 2.41. The van der Waals surface area contributed by atoms with Crippen molar-refractivity contribution in [1.29, 1.82) is 0 Å². The molecule has 0 spiro atoms. The number of amides is 2. The number of ether oxygens (including phenoxy) is 4. The van der Waals surface area contributed by atoms with E-state index in [9.17, 15) is 19.8 Å². The molecule has 0 aromatic heterocycles. The molecule has 0 fully saturated rings. The van der Waals surface area contributed by atoms with Crippen molar-refractivity contribution >= 4 is 11.8 Å². The summed E-state index contributed by atoms with van der Waals surface area (Å²) in [5.41, 5.74) is -1.28. The lowest BCUT2D eigenvalue weighted by Crippen LogP contribution is -2.52. The van der Waals surface area contributed by atoms with Gasteiger partial charge in [-0.15, -0.1) is 0 Å². The SMILES string of the molecule is COc1ccc(C(O)(c2ccc(OC)cc2)[C@@H](C)NC(=O)CC(=O)N[C@H](C)C(O)(c2ccc(OC)cc2)c2ccc(OC)cc2)cc1. The number of benzene rings is 4. The molecule has 4 aromatic rings. The van der Waals surface area contributed by atoms with Crippen molar-refractivity contribution in [2.24, 2.45) is 0 Å². The zero-order chi connectivity index (χ0) is 34.2. The molecule has 10 heteroatoms. The van der Waals surface area contributed by atoms with Gasteiger partial charge in [0.2, 0.25) is 11.8 Å². The first kappa shape index (κ1) is 34.8. The van der Waals surface area contributed by atoms with Crippen molar-refractivity contribution in [1.82, 2.24) is 10.6 Å². The summed E-state index contributed by atoms with van der Waals surface area (Å²) in [6, 6.07) is 25.8. The maximum atomic E-state index is 13.3. The van der Waals surface area contributed by atoms with Crippen LogP contribution in [0.25, 0.3) is 0 Å². The first-order valence-corrected chi connectivity index (χ1v) is 15.1. The van der Waals surface area contributed by atoms with E-state index in [4.69, 9.17) is 18.9 Å². The largest absolute Gasteiger partial charge is 0.497 e. The smallest absolute Gasteiger partial charge is 0.229 e. The summed E-state index contributed by atoms with van der Waals surface area (Å²) >= 11 is 0. The second-order valence-electron chi connectivity index (χ2n) is 11.2. The Hall–Kier alpha value is -5.06. The number of carbonyl (C=O) groups is 2. The van der Waals surface area contributed by atoms with E-state index in [-0.39, 0.29) is 0 Å². The van der Waals surface area contributed by atoms with Crippen molar-refractivity contribution < 1.29 is 38.7 Å². The zero-order valence-corrected chi connectivity index (χ0v) is 27.4. The van der Waals surface area contributed by atoms with Crippen LogP contribution in [0, 0.1) is 0 Å². The monoisotopic (exact) mass is 642 g/mol. The Morgan fingerprint density at radius 3 is 0.915 bits per heavy atom. The van der Waals surface area contributed by atoms with Crippen LogP contribution in [-0.2, 0) is 20.8 Å². The van der Waals surface area contributed by atoms with E-state index in [1.165, 1.54) is 0 Å². The summed E-state index contributed by atoms with van der Waals surface area (Å²) < 4.78 is 21.1. The minimum Gasteiger partial charge on any atom is -0.497 e. The zero-order valence-electron chi connectivity index (χ0n) is 27.4. The summed E-state index contributed by atoms with van der Waals surface area (Å²) in [4.78, 5) is 26.5. The highest BCUT2D eigenvalue weighted by molar-refractivity contribution is 5.97. The quantitative estimate of drug-likeness (QED) is 0.150. The fraction of sp³-hybridized carbons (Fsp3) is 0.297. The number of nitrogens with one attached hydrogen (secondary N) is 2. The fourth-order valence-corrected chi connectivity index (χ4v) is 5.65. The molecule has 0 aliphatic carbocycles. The molecule has 0 unspecified atom stereocenters. The maximum absolute atomic E-state index is 13.3. The molecule has 0 bridgehead atoms. The van der Waals surface area contributed by atoms with Crippen molar-refractivity contribution in [3.05, 3.63) is 119 Å². The first-order valence-electron chi connectivity index (χ1n) is 15.1. The molecule has 0 radical (unpaired) electrons. The molecular formula is C37H42N2O8. The van der Waals surface area contributed by atoms with Crippen LogP contribution in [0.1, 0.15) is 42.5 Å². The van der Waals surface area contributed by atoms with Crippen molar-refractivity contribution in [3.63, 3.8) is 0 Å². The van der Waals surface area contributed by atoms with Gasteiger partial charge in [-0.3, -0.25) is 9.59 Å². The van der Waals surface area contributed by atoms with Gasteiger partial charge in [-0.25, -0.2) is 0 Å². The lowest BCUT2D eigenvalue weighted by molar-refractivity contribution is -0.131. The standard InChI is InChI=1S/C37H42N2O8/c1-24(36(42,26-7-15-30(44-3)16-8-26)27-9-17-31(45-4)18-10-27)38-34(40)23-35(41)39-25(2)37(43,28-11-19-32(46-5)20-12-28)29-13-21-33(47-6)22-14-29/h7-22,24-25,42-43H,23H2,1-6H3,(H,38,40)(H,39,41)/t24-,25-/m1/s1. The number of aliphatic hydroxyl groups is 2. The predicted octanol–water partition coefficient (Wildman–Crippen LogP) is 4.29. The van der Waals surface area contributed by atoms with Crippen LogP contribution >= 0.6 is 0 Å².